The lowest BCUT2D eigenvalue weighted by Gasteiger charge is -2.59. The van der Waals surface area contributed by atoms with Crippen LogP contribution in [0.4, 0.5) is 0 Å². The second kappa shape index (κ2) is 4.85. The zero-order valence-corrected chi connectivity index (χ0v) is 11.8. The van der Waals surface area contributed by atoms with E-state index in [2.05, 4.69) is 13.5 Å². The molecule has 4 N–H and O–H groups in total. The Morgan fingerprint density at radius 1 is 1.32 bits per heavy atom. The smallest absolute Gasteiger partial charge is 0.140 e. The summed E-state index contributed by atoms with van der Waals surface area (Å²) >= 11 is 0. The van der Waals surface area contributed by atoms with E-state index in [0.717, 1.165) is 19.3 Å². The van der Waals surface area contributed by atoms with E-state index in [9.17, 15) is 20.4 Å². The van der Waals surface area contributed by atoms with E-state index >= 15 is 0 Å². The fraction of sp³-hybridized carbons (Fsp3) is 0.867. The molecule has 6 unspecified atom stereocenters. The zero-order chi connectivity index (χ0) is 14.4. The van der Waals surface area contributed by atoms with Crippen LogP contribution in [0, 0.1) is 17.3 Å². The van der Waals surface area contributed by atoms with E-state index < -0.39 is 29.8 Å². The summed E-state index contributed by atoms with van der Waals surface area (Å²) in [4.78, 5) is 0. The Morgan fingerprint density at radius 2 is 1.95 bits per heavy atom. The Hall–Kier alpha value is -0.420. The maximum Gasteiger partial charge on any atom is 0.140 e. The summed E-state index contributed by atoms with van der Waals surface area (Å²) in [6.07, 6.45) is 1.38. The van der Waals surface area contributed by atoms with Crippen LogP contribution in [0.3, 0.4) is 0 Å². The summed E-state index contributed by atoms with van der Waals surface area (Å²) in [6, 6.07) is 0. The monoisotopic (exact) mass is 270 g/mol. The van der Waals surface area contributed by atoms with Crippen LogP contribution in [0.5, 0.6) is 0 Å². The quantitative estimate of drug-likeness (QED) is 0.560. The molecule has 0 aromatic rings. The Balaban J connectivity index is 2.42. The van der Waals surface area contributed by atoms with Crippen LogP contribution in [0.15, 0.2) is 12.2 Å². The predicted octanol–water partition coefficient (Wildman–Crippen LogP) is 0.834. The first-order valence-electron chi connectivity index (χ1n) is 7.17. The summed E-state index contributed by atoms with van der Waals surface area (Å²) in [5.74, 6) is 0.472. The number of aliphatic hydroxyl groups is 4. The van der Waals surface area contributed by atoms with Crippen molar-refractivity contribution >= 4 is 0 Å². The third-order valence-corrected chi connectivity index (χ3v) is 5.91. The van der Waals surface area contributed by atoms with Gasteiger partial charge in [-0.15, -0.1) is 0 Å². The van der Waals surface area contributed by atoms with Crippen molar-refractivity contribution in [1.29, 1.82) is 0 Å². The van der Waals surface area contributed by atoms with Crippen molar-refractivity contribution < 1.29 is 20.4 Å². The van der Waals surface area contributed by atoms with Crippen LogP contribution in [-0.2, 0) is 0 Å². The van der Waals surface area contributed by atoms with Crippen LogP contribution < -0.4 is 0 Å². The Bertz CT molecular complexity index is 369. The molecule has 0 bridgehead atoms. The fourth-order valence-electron chi connectivity index (χ4n) is 4.22. The normalized spacial score (nSPS) is 50.6. The van der Waals surface area contributed by atoms with Crippen LogP contribution in [0.2, 0.25) is 0 Å². The highest BCUT2D eigenvalue weighted by molar-refractivity contribution is 5.25. The van der Waals surface area contributed by atoms with E-state index in [4.69, 9.17) is 0 Å². The Labute approximate surface area is 114 Å². The highest BCUT2D eigenvalue weighted by Gasteiger charge is 2.62. The molecule has 0 amide bonds. The van der Waals surface area contributed by atoms with Crippen molar-refractivity contribution in [3.05, 3.63) is 12.2 Å². The summed E-state index contributed by atoms with van der Waals surface area (Å²) < 4.78 is 0. The Morgan fingerprint density at radius 3 is 2.53 bits per heavy atom. The molecule has 0 aromatic carbocycles. The highest BCUT2D eigenvalue weighted by atomic mass is 16.4. The summed E-state index contributed by atoms with van der Waals surface area (Å²) in [5, 5.41) is 41.0. The van der Waals surface area contributed by atoms with E-state index in [-0.39, 0.29) is 17.4 Å². The van der Waals surface area contributed by atoms with Crippen molar-refractivity contribution in [2.45, 2.75) is 57.3 Å². The SMILES string of the molecule is C=C(CO)C1(O)C(O)CC2CCCC(C)C2(C)C1O. The average molecular weight is 270 g/mol. The van der Waals surface area contributed by atoms with Gasteiger partial charge in [0, 0.05) is 5.41 Å². The molecule has 2 fully saturated rings. The first kappa shape index (κ1) is 15.0. The number of fused-ring (bicyclic) bond motifs is 1. The number of hydrogen-bond acceptors (Lipinski definition) is 4. The minimum absolute atomic E-state index is 0.102. The molecule has 2 saturated carbocycles. The van der Waals surface area contributed by atoms with Crippen molar-refractivity contribution in [3.63, 3.8) is 0 Å². The van der Waals surface area contributed by atoms with Gasteiger partial charge in [0.2, 0.25) is 0 Å². The molecule has 2 aliphatic rings. The van der Waals surface area contributed by atoms with Gasteiger partial charge in [0.25, 0.3) is 0 Å². The largest absolute Gasteiger partial charge is 0.392 e. The first-order valence-corrected chi connectivity index (χ1v) is 7.17. The molecule has 4 nitrogen and oxygen atoms in total. The molecular weight excluding hydrogens is 244 g/mol. The molecule has 0 saturated heterocycles. The fourth-order valence-corrected chi connectivity index (χ4v) is 4.22. The van der Waals surface area contributed by atoms with E-state index in [1.165, 1.54) is 0 Å². The molecule has 2 rings (SSSR count). The maximum absolute atomic E-state index is 10.7. The molecule has 110 valence electrons. The Kier molecular flexibility index (Phi) is 3.82. The van der Waals surface area contributed by atoms with Crippen LogP contribution in [0.1, 0.15) is 39.5 Å². The molecule has 0 heterocycles. The van der Waals surface area contributed by atoms with Gasteiger partial charge in [-0.2, -0.15) is 0 Å². The summed E-state index contributed by atoms with van der Waals surface area (Å²) in [6.45, 7) is 7.30. The third kappa shape index (κ3) is 1.88. The van der Waals surface area contributed by atoms with Crippen molar-refractivity contribution in [2.75, 3.05) is 6.61 Å². The van der Waals surface area contributed by atoms with Gasteiger partial charge in [-0.3, -0.25) is 0 Å². The highest BCUT2D eigenvalue weighted by Crippen LogP contribution is 2.56. The third-order valence-electron chi connectivity index (χ3n) is 5.91. The lowest BCUT2D eigenvalue weighted by Crippen LogP contribution is -2.68. The standard InChI is InChI=1S/C15H26O4/c1-9-5-4-6-11-7-12(17)15(19,10(2)8-16)13(18)14(9,11)3/h9,11-13,16-19H,2,4-8H2,1,3H3. The van der Waals surface area contributed by atoms with Gasteiger partial charge in [0.1, 0.15) is 5.60 Å². The van der Waals surface area contributed by atoms with Crippen LogP contribution in [-0.4, -0.2) is 44.8 Å². The maximum atomic E-state index is 10.7. The van der Waals surface area contributed by atoms with Crippen molar-refractivity contribution in [3.8, 4) is 0 Å². The molecule has 0 spiro atoms. The molecule has 4 heteroatoms. The van der Waals surface area contributed by atoms with Gasteiger partial charge in [-0.25, -0.2) is 0 Å². The molecule has 6 atom stereocenters. The van der Waals surface area contributed by atoms with Crippen LogP contribution in [0.25, 0.3) is 0 Å². The van der Waals surface area contributed by atoms with Crippen molar-refractivity contribution in [1.82, 2.24) is 0 Å². The van der Waals surface area contributed by atoms with Crippen LogP contribution >= 0.6 is 0 Å². The van der Waals surface area contributed by atoms with Gasteiger partial charge in [-0.05, 0) is 30.3 Å². The number of hydrogen-bond donors (Lipinski definition) is 4. The summed E-state index contributed by atoms with van der Waals surface area (Å²) in [5.41, 5.74) is -2.14. The van der Waals surface area contributed by atoms with Gasteiger partial charge in [0.05, 0.1) is 18.8 Å². The molecule has 0 aromatic heterocycles. The lowest BCUT2D eigenvalue weighted by atomic mass is 9.50. The van der Waals surface area contributed by atoms with E-state index in [1.807, 2.05) is 6.92 Å². The van der Waals surface area contributed by atoms with E-state index in [1.54, 1.807) is 0 Å². The topological polar surface area (TPSA) is 80.9 Å². The average Bonchev–Trinajstić information content (AvgIpc) is 2.39. The minimum atomic E-state index is -1.80. The molecular formula is C15H26O4. The minimum Gasteiger partial charge on any atom is -0.392 e. The zero-order valence-electron chi connectivity index (χ0n) is 11.8. The second-order valence-electron chi connectivity index (χ2n) is 6.64. The second-order valence-corrected chi connectivity index (χ2v) is 6.64. The van der Waals surface area contributed by atoms with Gasteiger partial charge in [-0.1, -0.05) is 33.3 Å². The van der Waals surface area contributed by atoms with Gasteiger partial charge < -0.3 is 20.4 Å². The number of aliphatic hydroxyl groups excluding tert-OH is 3. The lowest BCUT2D eigenvalue weighted by molar-refractivity contribution is -0.234. The first-order chi connectivity index (χ1) is 8.79. The molecule has 19 heavy (non-hydrogen) atoms. The molecule has 0 radical (unpaired) electrons. The van der Waals surface area contributed by atoms with E-state index in [0.29, 0.717) is 6.42 Å². The van der Waals surface area contributed by atoms with Gasteiger partial charge >= 0.3 is 0 Å². The summed E-state index contributed by atoms with van der Waals surface area (Å²) in [7, 11) is 0. The van der Waals surface area contributed by atoms with Gasteiger partial charge in [0.15, 0.2) is 0 Å². The number of rotatable bonds is 2. The molecule has 0 aliphatic heterocycles. The molecule has 2 aliphatic carbocycles. The predicted molar refractivity (Wildman–Crippen MR) is 72.4 cm³/mol. The van der Waals surface area contributed by atoms with Crippen molar-refractivity contribution in [2.24, 2.45) is 17.3 Å².